The van der Waals surface area contributed by atoms with Gasteiger partial charge in [-0.1, -0.05) is 6.07 Å². The van der Waals surface area contributed by atoms with Crippen LogP contribution in [0.15, 0.2) is 18.2 Å². The smallest absolute Gasteiger partial charge is 0.387 e. The van der Waals surface area contributed by atoms with E-state index in [0.29, 0.717) is 30.8 Å². The first kappa shape index (κ1) is 16.0. The Morgan fingerprint density at radius 3 is 2.71 bits per heavy atom. The second-order valence-electron chi connectivity index (χ2n) is 5.48. The maximum Gasteiger partial charge on any atom is 0.387 e. The van der Waals surface area contributed by atoms with Crippen LogP contribution in [0.2, 0.25) is 0 Å². The first-order valence-corrected chi connectivity index (χ1v) is 7.09. The van der Waals surface area contributed by atoms with E-state index in [0.717, 1.165) is 18.5 Å². The molecule has 2 rings (SSSR count). The fraction of sp³-hybridized carbons (Fsp3) is 0.600. The lowest BCUT2D eigenvalue weighted by molar-refractivity contribution is -0.0512. The van der Waals surface area contributed by atoms with Crippen molar-refractivity contribution in [2.24, 2.45) is 11.7 Å². The summed E-state index contributed by atoms with van der Waals surface area (Å²) in [6.45, 7) is 1.62. The summed E-state index contributed by atoms with van der Waals surface area (Å²) < 4.78 is 34.4. The van der Waals surface area contributed by atoms with Gasteiger partial charge in [-0.05, 0) is 43.5 Å². The van der Waals surface area contributed by atoms with E-state index in [2.05, 4.69) is 16.6 Å². The number of benzene rings is 1. The quantitative estimate of drug-likeness (QED) is 0.877. The molecule has 2 atom stereocenters. The molecule has 0 spiro atoms. The van der Waals surface area contributed by atoms with Crippen molar-refractivity contribution in [3.05, 3.63) is 23.8 Å². The summed E-state index contributed by atoms with van der Waals surface area (Å²) in [5.74, 6) is 0.899. The Labute approximate surface area is 123 Å². The zero-order chi connectivity index (χ0) is 15.4. The maximum absolute atomic E-state index is 12.4. The first-order chi connectivity index (χ1) is 10.0. The summed E-state index contributed by atoms with van der Waals surface area (Å²) in [6.07, 6.45) is 1.08. The van der Waals surface area contributed by atoms with Crippen LogP contribution in [0.5, 0.6) is 11.5 Å². The molecule has 1 saturated heterocycles. The van der Waals surface area contributed by atoms with Crippen molar-refractivity contribution >= 4 is 0 Å². The van der Waals surface area contributed by atoms with Crippen LogP contribution in [0.4, 0.5) is 8.78 Å². The van der Waals surface area contributed by atoms with Gasteiger partial charge in [0.25, 0.3) is 0 Å². The number of nitrogens with zero attached hydrogens (tertiary/aromatic N) is 1. The third-order valence-electron chi connectivity index (χ3n) is 3.95. The van der Waals surface area contributed by atoms with Crippen LogP contribution in [0.25, 0.3) is 0 Å². The molecule has 21 heavy (non-hydrogen) atoms. The molecule has 2 unspecified atom stereocenters. The molecular weight excluding hydrogens is 278 g/mol. The molecule has 1 aromatic rings. The van der Waals surface area contributed by atoms with Crippen molar-refractivity contribution in [1.82, 2.24) is 4.90 Å². The largest absolute Gasteiger partial charge is 0.493 e. The van der Waals surface area contributed by atoms with E-state index in [-0.39, 0.29) is 5.75 Å². The van der Waals surface area contributed by atoms with Gasteiger partial charge in [0.15, 0.2) is 11.5 Å². The van der Waals surface area contributed by atoms with E-state index in [9.17, 15) is 8.78 Å². The fourth-order valence-electron chi connectivity index (χ4n) is 2.85. The molecule has 1 fully saturated rings. The lowest BCUT2D eigenvalue weighted by Crippen LogP contribution is -2.27. The molecule has 118 valence electrons. The zero-order valence-corrected chi connectivity index (χ0v) is 12.4. The van der Waals surface area contributed by atoms with Crippen molar-refractivity contribution in [2.75, 3.05) is 20.2 Å². The molecule has 0 saturated carbocycles. The number of hydrogen-bond donors (Lipinski definition) is 1. The van der Waals surface area contributed by atoms with Gasteiger partial charge in [0.1, 0.15) is 0 Å². The number of likely N-dealkylation sites (tertiary alicyclic amines) is 1. The van der Waals surface area contributed by atoms with E-state index in [1.165, 1.54) is 7.11 Å². The highest BCUT2D eigenvalue weighted by atomic mass is 19.3. The summed E-state index contributed by atoms with van der Waals surface area (Å²) >= 11 is 0. The highest BCUT2D eigenvalue weighted by Crippen LogP contribution is 2.31. The Bertz CT molecular complexity index is 471. The van der Waals surface area contributed by atoms with E-state index in [1.54, 1.807) is 12.1 Å². The molecule has 0 aromatic heterocycles. The third kappa shape index (κ3) is 4.04. The predicted octanol–water partition coefficient (Wildman–Crippen LogP) is 2.47. The van der Waals surface area contributed by atoms with Gasteiger partial charge in [0, 0.05) is 19.1 Å². The number of ether oxygens (including phenoxy) is 2. The minimum absolute atomic E-state index is 0.0761. The second-order valence-corrected chi connectivity index (χ2v) is 5.48. The molecule has 1 heterocycles. The number of alkyl halides is 2. The van der Waals surface area contributed by atoms with Gasteiger partial charge < -0.3 is 15.2 Å². The molecule has 1 aromatic carbocycles. The normalized spacial score (nSPS) is 22.8. The van der Waals surface area contributed by atoms with Crippen LogP contribution in [-0.4, -0.2) is 37.8 Å². The van der Waals surface area contributed by atoms with Crippen LogP contribution in [0.1, 0.15) is 18.9 Å². The Morgan fingerprint density at radius 1 is 1.38 bits per heavy atom. The van der Waals surface area contributed by atoms with Crippen LogP contribution < -0.4 is 15.2 Å². The fourth-order valence-corrected chi connectivity index (χ4v) is 2.85. The number of halogens is 2. The summed E-state index contributed by atoms with van der Waals surface area (Å²) in [5.41, 5.74) is 6.65. The van der Waals surface area contributed by atoms with Gasteiger partial charge in [-0.25, -0.2) is 0 Å². The average molecular weight is 300 g/mol. The molecular formula is C15H22F2N2O2. The summed E-state index contributed by atoms with van der Waals surface area (Å²) in [5, 5.41) is 0. The van der Waals surface area contributed by atoms with Crippen molar-refractivity contribution in [3.8, 4) is 11.5 Å². The van der Waals surface area contributed by atoms with Gasteiger partial charge in [0.05, 0.1) is 7.11 Å². The standard InChI is InChI=1S/C15H22F2N2O2/c1-10-5-12(7-18)9-19(10)8-11-3-4-13(20-2)14(6-11)21-15(16)17/h3-4,6,10,12,15H,5,7-9,18H2,1-2H3. The van der Waals surface area contributed by atoms with Gasteiger partial charge >= 0.3 is 6.61 Å². The number of hydrogen-bond acceptors (Lipinski definition) is 4. The lowest BCUT2D eigenvalue weighted by Gasteiger charge is -2.21. The molecule has 0 amide bonds. The molecule has 0 aliphatic carbocycles. The van der Waals surface area contributed by atoms with Crippen molar-refractivity contribution in [2.45, 2.75) is 32.5 Å². The van der Waals surface area contributed by atoms with Gasteiger partial charge in [-0.2, -0.15) is 8.78 Å². The van der Waals surface area contributed by atoms with Crippen LogP contribution in [-0.2, 0) is 6.54 Å². The third-order valence-corrected chi connectivity index (χ3v) is 3.95. The molecule has 1 aliphatic rings. The molecule has 0 bridgehead atoms. The van der Waals surface area contributed by atoms with Crippen LogP contribution in [0, 0.1) is 5.92 Å². The summed E-state index contributed by atoms with van der Waals surface area (Å²) in [6, 6.07) is 5.60. The van der Waals surface area contributed by atoms with Crippen molar-refractivity contribution in [1.29, 1.82) is 0 Å². The molecule has 6 heteroatoms. The Balaban J connectivity index is 2.10. The van der Waals surface area contributed by atoms with Gasteiger partial charge in [-0.3, -0.25) is 4.90 Å². The summed E-state index contributed by atoms with van der Waals surface area (Å²) in [7, 11) is 1.43. The molecule has 0 radical (unpaired) electrons. The topological polar surface area (TPSA) is 47.7 Å². The Morgan fingerprint density at radius 2 is 2.14 bits per heavy atom. The second kappa shape index (κ2) is 7.04. The van der Waals surface area contributed by atoms with Gasteiger partial charge in [-0.15, -0.1) is 0 Å². The minimum atomic E-state index is -2.86. The predicted molar refractivity (Wildman–Crippen MR) is 76.7 cm³/mol. The lowest BCUT2D eigenvalue weighted by atomic mass is 10.1. The van der Waals surface area contributed by atoms with Crippen molar-refractivity contribution in [3.63, 3.8) is 0 Å². The van der Waals surface area contributed by atoms with E-state index in [4.69, 9.17) is 10.5 Å². The van der Waals surface area contributed by atoms with E-state index >= 15 is 0 Å². The van der Waals surface area contributed by atoms with Gasteiger partial charge in [0.2, 0.25) is 0 Å². The first-order valence-electron chi connectivity index (χ1n) is 7.09. The average Bonchev–Trinajstić information content (AvgIpc) is 2.79. The van der Waals surface area contributed by atoms with Crippen molar-refractivity contribution < 1.29 is 18.3 Å². The Kier molecular flexibility index (Phi) is 5.36. The van der Waals surface area contributed by atoms with E-state index < -0.39 is 6.61 Å². The molecule has 1 aliphatic heterocycles. The minimum Gasteiger partial charge on any atom is -0.493 e. The molecule has 4 nitrogen and oxygen atoms in total. The maximum atomic E-state index is 12.4. The Hall–Kier alpha value is -1.40. The highest BCUT2D eigenvalue weighted by molar-refractivity contribution is 5.43. The molecule has 2 N–H and O–H groups in total. The monoisotopic (exact) mass is 300 g/mol. The number of nitrogens with two attached hydrogens (primary N) is 1. The van der Waals surface area contributed by atoms with Crippen LogP contribution in [0.3, 0.4) is 0 Å². The highest BCUT2D eigenvalue weighted by Gasteiger charge is 2.28. The van der Waals surface area contributed by atoms with E-state index in [1.807, 2.05) is 6.07 Å². The SMILES string of the molecule is COc1ccc(CN2CC(CN)CC2C)cc1OC(F)F. The number of rotatable bonds is 6. The number of methoxy groups -OCH3 is 1. The summed E-state index contributed by atoms with van der Waals surface area (Å²) in [4.78, 5) is 2.31. The zero-order valence-electron chi connectivity index (χ0n) is 12.4. The van der Waals surface area contributed by atoms with Crippen LogP contribution >= 0.6 is 0 Å².